The van der Waals surface area contributed by atoms with E-state index in [-0.39, 0.29) is 34.5 Å². The first-order valence-corrected chi connectivity index (χ1v) is 6.96. The van der Waals surface area contributed by atoms with Crippen LogP contribution in [0.25, 0.3) is 0 Å². The molecule has 3 N–H and O–H groups in total. The van der Waals surface area contributed by atoms with Crippen molar-refractivity contribution in [2.75, 3.05) is 11.9 Å². The van der Waals surface area contributed by atoms with Crippen molar-refractivity contribution >= 4 is 28.9 Å². The number of anilines is 1. The lowest BCUT2D eigenvalue weighted by atomic mass is 9.84. The van der Waals surface area contributed by atoms with Crippen molar-refractivity contribution in [3.05, 3.63) is 33.3 Å². The Morgan fingerprint density at radius 1 is 1.48 bits per heavy atom. The van der Waals surface area contributed by atoms with Gasteiger partial charge in [-0.3, -0.25) is 14.9 Å². The van der Waals surface area contributed by atoms with E-state index in [9.17, 15) is 14.9 Å². The highest BCUT2D eigenvalue weighted by molar-refractivity contribution is 6.34. The zero-order valence-electron chi connectivity index (χ0n) is 12.4. The molecule has 1 atom stereocenters. The quantitative estimate of drug-likeness (QED) is 0.644. The van der Waals surface area contributed by atoms with Crippen LogP contribution in [0.5, 0.6) is 0 Å². The number of nitrogens with one attached hydrogen (secondary N) is 1. The number of nitro groups is 1. The summed E-state index contributed by atoms with van der Waals surface area (Å²) in [5.74, 6) is -0.570. The number of benzene rings is 1. The van der Waals surface area contributed by atoms with Crippen molar-refractivity contribution in [3.8, 4) is 0 Å². The summed E-state index contributed by atoms with van der Waals surface area (Å²) < 4.78 is 0. The third kappa shape index (κ3) is 5.32. The third-order valence-electron chi connectivity index (χ3n) is 2.94. The highest BCUT2D eigenvalue weighted by Crippen LogP contribution is 2.29. The number of halogens is 1. The molecule has 21 heavy (non-hydrogen) atoms. The lowest BCUT2D eigenvalue weighted by Crippen LogP contribution is -2.32. The van der Waals surface area contributed by atoms with Crippen molar-refractivity contribution in [3.63, 3.8) is 0 Å². The number of hydrogen-bond acceptors (Lipinski definition) is 4. The van der Waals surface area contributed by atoms with Crippen molar-refractivity contribution < 1.29 is 9.72 Å². The van der Waals surface area contributed by atoms with E-state index in [1.165, 1.54) is 18.2 Å². The third-order valence-corrected chi connectivity index (χ3v) is 3.25. The smallest absolute Gasteiger partial charge is 0.271 e. The van der Waals surface area contributed by atoms with E-state index in [0.29, 0.717) is 12.1 Å². The van der Waals surface area contributed by atoms with E-state index in [2.05, 4.69) is 5.32 Å². The van der Waals surface area contributed by atoms with Gasteiger partial charge in [0.2, 0.25) is 5.91 Å². The van der Waals surface area contributed by atoms with Crippen LogP contribution in [0.2, 0.25) is 5.02 Å². The molecule has 1 aromatic rings. The number of hydrogen-bond donors (Lipinski definition) is 2. The van der Waals surface area contributed by atoms with Gasteiger partial charge in [0.25, 0.3) is 5.69 Å². The van der Waals surface area contributed by atoms with Gasteiger partial charge in [0.1, 0.15) is 0 Å². The number of nitrogens with two attached hydrogens (primary N) is 1. The molecule has 116 valence electrons. The largest absolute Gasteiger partial charge is 0.330 e. The normalized spacial score (nSPS) is 12.8. The zero-order chi connectivity index (χ0) is 16.2. The lowest BCUT2D eigenvalue weighted by Gasteiger charge is -2.24. The summed E-state index contributed by atoms with van der Waals surface area (Å²) in [7, 11) is 0. The molecular weight excluding hydrogens is 294 g/mol. The van der Waals surface area contributed by atoms with Crippen LogP contribution in [0.4, 0.5) is 11.4 Å². The fraction of sp³-hybridized carbons (Fsp3) is 0.500. The Balaban J connectivity index is 2.84. The van der Waals surface area contributed by atoms with Gasteiger partial charge in [-0.2, -0.15) is 0 Å². The molecule has 0 aliphatic carbocycles. The molecule has 0 fully saturated rings. The average Bonchev–Trinajstić information content (AvgIpc) is 2.36. The number of carbonyl (C=O) groups excluding carboxylic acids is 1. The summed E-state index contributed by atoms with van der Waals surface area (Å²) >= 11 is 5.95. The molecule has 0 aliphatic heterocycles. The van der Waals surface area contributed by atoms with E-state index < -0.39 is 4.92 Å². The molecule has 6 nitrogen and oxygen atoms in total. The fourth-order valence-electron chi connectivity index (χ4n) is 1.98. The first kappa shape index (κ1) is 17.4. The van der Waals surface area contributed by atoms with Gasteiger partial charge in [0, 0.05) is 18.7 Å². The van der Waals surface area contributed by atoms with Gasteiger partial charge in [-0.15, -0.1) is 0 Å². The summed E-state index contributed by atoms with van der Waals surface area (Å²) in [6.45, 7) is 6.32. The molecule has 7 heteroatoms. The molecule has 1 aromatic carbocycles. The first-order chi connectivity index (χ1) is 9.64. The fourth-order valence-corrected chi connectivity index (χ4v) is 2.20. The second-order valence-corrected chi connectivity index (χ2v) is 6.52. The maximum Gasteiger partial charge on any atom is 0.271 e. The van der Waals surface area contributed by atoms with Gasteiger partial charge >= 0.3 is 0 Å². The van der Waals surface area contributed by atoms with Crippen molar-refractivity contribution in [1.29, 1.82) is 0 Å². The molecule has 1 unspecified atom stereocenters. The topological polar surface area (TPSA) is 98.3 Å². The Kier molecular flexibility index (Phi) is 5.69. The van der Waals surface area contributed by atoms with Crippen LogP contribution < -0.4 is 11.1 Å². The van der Waals surface area contributed by atoms with E-state index in [4.69, 9.17) is 17.3 Å². The first-order valence-electron chi connectivity index (χ1n) is 6.59. The maximum atomic E-state index is 12.2. The van der Waals surface area contributed by atoms with Crippen LogP contribution in [0.3, 0.4) is 0 Å². The Bertz CT molecular complexity index is 541. The predicted octanol–water partition coefficient (Wildman–Crippen LogP) is 3.20. The van der Waals surface area contributed by atoms with Crippen LogP contribution in [0.1, 0.15) is 27.2 Å². The number of nitrogens with zero attached hydrogens (tertiary/aromatic N) is 1. The molecule has 0 heterocycles. The number of rotatable bonds is 5. The Labute approximate surface area is 128 Å². The molecule has 1 rings (SSSR count). The minimum absolute atomic E-state index is 0.0271. The van der Waals surface area contributed by atoms with Crippen LogP contribution in [-0.2, 0) is 4.79 Å². The molecule has 0 radical (unpaired) electrons. The van der Waals surface area contributed by atoms with Gasteiger partial charge in [0.15, 0.2) is 0 Å². The summed E-state index contributed by atoms with van der Waals surface area (Å²) in [5, 5.41) is 13.4. The van der Waals surface area contributed by atoms with Crippen LogP contribution in [0, 0.1) is 21.4 Å². The standard InChI is InChI=1S/C14H20ClN3O3/c1-14(2,3)7-9(8-16)13(19)17-12-5-4-10(18(20)21)6-11(12)15/h4-6,9H,7-8,16H2,1-3H3,(H,17,19). The molecule has 0 aliphatic rings. The SMILES string of the molecule is CC(C)(C)CC(CN)C(=O)Nc1ccc([N+](=O)[O-])cc1Cl. The Morgan fingerprint density at radius 2 is 2.10 bits per heavy atom. The van der Waals surface area contributed by atoms with E-state index in [1.54, 1.807) is 0 Å². The van der Waals surface area contributed by atoms with Gasteiger partial charge in [-0.25, -0.2) is 0 Å². The van der Waals surface area contributed by atoms with Gasteiger partial charge in [0.05, 0.1) is 21.6 Å². The number of nitro benzene ring substituents is 1. The monoisotopic (exact) mass is 313 g/mol. The summed E-state index contributed by atoms with van der Waals surface area (Å²) in [4.78, 5) is 22.3. The number of amides is 1. The van der Waals surface area contributed by atoms with Crippen LogP contribution in [-0.4, -0.2) is 17.4 Å². The highest BCUT2D eigenvalue weighted by atomic mass is 35.5. The van der Waals surface area contributed by atoms with Gasteiger partial charge in [-0.05, 0) is 17.9 Å². The molecular formula is C14H20ClN3O3. The molecule has 0 saturated heterocycles. The van der Waals surface area contributed by atoms with Crippen LogP contribution in [0.15, 0.2) is 18.2 Å². The number of non-ortho nitro benzene ring substituents is 1. The predicted molar refractivity (Wildman–Crippen MR) is 83.4 cm³/mol. The molecule has 0 aromatic heterocycles. The number of carbonyl (C=O) groups is 1. The molecule has 0 saturated carbocycles. The van der Waals surface area contributed by atoms with Gasteiger partial charge in [-0.1, -0.05) is 32.4 Å². The van der Waals surface area contributed by atoms with Crippen molar-refractivity contribution in [2.24, 2.45) is 17.1 Å². The summed E-state index contributed by atoms with van der Waals surface area (Å²) in [5.41, 5.74) is 5.85. The molecule has 1 amide bonds. The molecule has 0 bridgehead atoms. The van der Waals surface area contributed by atoms with Crippen LogP contribution >= 0.6 is 11.6 Å². The van der Waals surface area contributed by atoms with Gasteiger partial charge < -0.3 is 11.1 Å². The van der Waals surface area contributed by atoms with E-state index >= 15 is 0 Å². The summed E-state index contributed by atoms with van der Waals surface area (Å²) in [6.07, 6.45) is 0.639. The molecule has 0 spiro atoms. The van der Waals surface area contributed by atoms with E-state index in [1.807, 2.05) is 20.8 Å². The zero-order valence-corrected chi connectivity index (χ0v) is 13.1. The lowest BCUT2D eigenvalue weighted by molar-refractivity contribution is -0.384. The minimum Gasteiger partial charge on any atom is -0.330 e. The average molecular weight is 314 g/mol. The van der Waals surface area contributed by atoms with Crippen molar-refractivity contribution in [2.45, 2.75) is 27.2 Å². The maximum absolute atomic E-state index is 12.2. The Morgan fingerprint density at radius 3 is 2.52 bits per heavy atom. The summed E-state index contributed by atoms with van der Waals surface area (Å²) in [6, 6.07) is 3.92. The van der Waals surface area contributed by atoms with E-state index in [0.717, 1.165) is 0 Å². The highest BCUT2D eigenvalue weighted by Gasteiger charge is 2.24. The Hall–Kier alpha value is -1.66. The van der Waals surface area contributed by atoms with Crippen molar-refractivity contribution in [1.82, 2.24) is 0 Å². The second kappa shape index (κ2) is 6.87. The minimum atomic E-state index is -0.542. The second-order valence-electron chi connectivity index (χ2n) is 6.11.